The molecule has 126 valence electrons. The van der Waals surface area contributed by atoms with E-state index in [2.05, 4.69) is 15.0 Å². The van der Waals surface area contributed by atoms with Gasteiger partial charge in [-0.05, 0) is 23.3 Å². The van der Waals surface area contributed by atoms with Crippen LogP contribution >= 0.6 is 0 Å². The zero-order valence-electron chi connectivity index (χ0n) is 13.9. The van der Waals surface area contributed by atoms with E-state index in [4.69, 9.17) is 4.74 Å². The molecule has 0 saturated heterocycles. The second-order valence-electron chi connectivity index (χ2n) is 5.74. The van der Waals surface area contributed by atoms with Gasteiger partial charge >= 0.3 is 0 Å². The lowest BCUT2D eigenvalue weighted by atomic mass is 9.97. The molecule has 1 aromatic carbocycles. The van der Waals surface area contributed by atoms with Crippen molar-refractivity contribution in [1.29, 1.82) is 5.26 Å². The molecule has 0 spiro atoms. The first-order valence-corrected chi connectivity index (χ1v) is 7.95. The van der Waals surface area contributed by atoms with E-state index in [-0.39, 0.29) is 5.56 Å². The van der Waals surface area contributed by atoms with E-state index in [0.717, 1.165) is 28.0 Å². The van der Waals surface area contributed by atoms with Crippen molar-refractivity contribution in [3.63, 3.8) is 0 Å². The van der Waals surface area contributed by atoms with Crippen molar-refractivity contribution < 1.29 is 4.74 Å². The van der Waals surface area contributed by atoms with E-state index in [1.807, 2.05) is 30.3 Å². The minimum atomic E-state index is -0.396. The Bertz CT molecular complexity index is 1200. The third-order valence-corrected chi connectivity index (χ3v) is 4.32. The van der Waals surface area contributed by atoms with Gasteiger partial charge < -0.3 is 14.7 Å². The molecule has 4 aromatic rings. The first kappa shape index (κ1) is 15.7. The molecule has 0 bridgehead atoms. The van der Waals surface area contributed by atoms with Crippen LogP contribution in [0.2, 0.25) is 0 Å². The fourth-order valence-corrected chi connectivity index (χ4v) is 3.09. The predicted octanol–water partition coefficient (Wildman–Crippen LogP) is 3.47. The highest BCUT2D eigenvalue weighted by atomic mass is 16.5. The third kappa shape index (κ3) is 2.43. The van der Waals surface area contributed by atoms with E-state index in [9.17, 15) is 10.1 Å². The van der Waals surface area contributed by atoms with Crippen LogP contribution in [-0.2, 0) is 0 Å². The summed E-state index contributed by atoms with van der Waals surface area (Å²) in [6.45, 7) is 0. The molecule has 0 aliphatic heterocycles. The van der Waals surface area contributed by atoms with E-state index in [1.54, 1.807) is 37.8 Å². The maximum Gasteiger partial charge on any atom is 0.267 e. The summed E-state index contributed by atoms with van der Waals surface area (Å²) in [4.78, 5) is 22.2. The highest BCUT2D eigenvalue weighted by molar-refractivity contribution is 5.95. The molecular weight excluding hydrogens is 328 g/mol. The first-order chi connectivity index (χ1) is 12.7. The van der Waals surface area contributed by atoms with Gasteiger partial charge in [-0.25, -0.2) is 0 Å². The van der Waals surface area contributed by atoms with Crippen LogP contribution < -0.4 is 10.3 Å². The smallest absolute Gasteiger partial charge is 0.267 e. The van der Waals surface area contributed by atoms with Gasteiger partial charge in [0.2, 0.25) is 0 Å². The van der Waals surface area contributed by atoms with Crippen LogP contribution in [-0.4, -0.2) is 22.1 Å². The van der Waals surface area contributed by atoms with Crippen LogP contribution in [0.4, 0.5) is 0 Å². The molecule has 0 amide bonds. The van der Waals surface area contributed by atoms with Crippen LogP contribution in [0, 0.1) is 11.3 Å². The van der Waals surface area contributed by atoms with Crippen molar-refractivity contribution in [2.45, 2.75) is 0 Å². The topological polar surface area (TPSA) is 94.6 Å². The molecule has 4 rings (SSSR count). The zero-order chi connectivity index (χ0) is 18.1. The third-order valence-electron chi connectivity index (χ3n) is 4.32. The Balaban J connectivity index is 1.89. The summed E-state index contributed by atoms with van der Waals surface area (Å²) >= 11 is 0. The van der Waals surface area contributed by atoms with E-state index in [1.165, 1.54) is 0 Å². The number of nitrogens with zero attached hydrogens (tertiary/aromatic N) is 2. The summed E-state index contributed by atoms with van der Waals surface area (Å²) in [6.07, 6.45) is 5.15. The fraction of sp³-hybridized carbons (Fsp3) is 0.0500. The van der Waals surface area contributed by atoms with Crippen LogP contribution in [0.15, 0.2) is 59.8 Å². The highest BCUT2D eigenvalue weighted by Gasteiger charge is 2.15. The van der Waals surface area contributed by atoms with Gasteiger partial charge in [-0.3, -0.25) is 9.78 Å². The molecule has 26 heavy (non-hydrogen) atoms. The summed E-state index contributed by atoms with van der Waals surface area (Å²) < 4.78 is 5.38. The number of benzene rings is 1. The van der Waals surface area contributed by atoms with Gasteiger partial charge in [0, 0.05) is 29.7 Å². The van der Waals surface area contributed by atoms with Gasteiger partial charge in [-0.15, -0.1) is 0 Å². The maximum atomic E-state index is 12.2. The van der Waals surface area contributed by atoms with Crippen molar-refractivity contribution in [3.05, 3.63) is 70.9 Å². The van der Waals surface area contributed by atoms with Crippen LogP contribution in [0.25, 0.3) is 33.3 Å². The molecule has 2 N–H and O–H groups in total. The number of ether oxygens (including phenoxy) is 1. The standard InChI is InChI=1S/C20H14N4O2/c1-26-17-7-8-22-11-15(17)12-2-4-13(5-3-12)18-14(10-21)20(25)24-16-6-9-23-19(16)18/h2-9,11,23H,1H3,(H,24,25). The van der Waals surface area contributed by atoms with Gasteiger partial charge in [0.05, 0.1) is 18.1 Å². The van der Waals surface area contributed by atoms with Gasteiger partial charge in [-0.2, -0.15) is 5.26 Å². The number of rotatable bonds is 3. The van der Waals surface area contributed by atoms with Gasteiger partial charge in [-0.1, -0.05) is 24.3 Å². The molecule has 6 heteroatoms. The van der Waals surface area contributed by atoms with Gasteiger partial charge in [0.15, 0.2) is 0 Å². The second kappa shape index (κ2) is 6.22. The van der Waals surface area contributed by atoms with Crippen molar-refractivity contribution in [2.75, 3.05) is 7.11 Å². The van der Waals surface area contributed by atoms with E-state index in [0.29, 0.717) is 11.1 Å². The molecule has 3 heterocycles. The first-order valence-electron chi connectivity index (χ1n) is 7.95. The van der Waals surface area contributed by atoms with Crippen LogP contribution in [0.1, 0.15) is 5.56 Å². The van der Waals surface area contributed by atoms with Crippen LogP contribution in [0.5, 0.6) is 5.75 Å². The fourth-order valence-electron chi connectivity index (χ4n) is 3.09. The summed E-state index contributed by atoms with van der Waals surface area (Å²) in [5.41, 5.74) is 4.28. The number of aromatic nitrogens is 3. The lowest BCUT2D eigenvalue weighted by molar-refractivity contribution is 0.416. The Hall–Kier alpha value is -3.85. The van der Waals surface area contributed by atoms with Gasteiger partial charge in [0.25, 0.3) is 5.56 Å². The monoisotopic (exact) mass is 342 g/mol. The van der Waals surface area contributed by atoms with Crippen molar-refractivity contribution >= 4 is 11.0 Å². The molecule has 0 radical (unpaired) electrons. The molecule has 0 aliphatic carbocycles. The number of nitriles is 1. The van der Waals surface area contributed by atoms with E-state index >= 15 is 0 Å². The Morgan fingerprint density at radius 1 is 1.12 bits per heavy atom. The van der Waals surface area contributed by atoms with Gasteiger partial charge in [0.1, 0.15) is 17.4 Å². The molecule has 0 unspecified atom stereocenters. The second-order valence-corrected chi connectivity index (χ2v) is 5.74. The minimum Gasteiger partial charge on any atom is -0.496 e. The van der Waals surface area contributed by atoms with E-state index < -0.39 is 5.56 Å². The molecule has 0 aliphatic rings. The molecule has 0 atom stereocenters. The van der Waals surface area contributed by atoms with Crippen molar-refractivity contribution in [3.8, 4) is 34.1 Å². The average molecular weight is 342 g/mol. The molecule has 6 nitrogen and oxygen atoms in total. The zero-order valence-corrected chi connectivity index (χ0v) is 13.9. The number of hydrogen-bond acceptors (Lipinski definition) is 4. The number of hydrogen-bond donors (Lipinski definition) is 2. The molecule has 0 fully saturated rings. The van der Waals surface area contributed by atoms with Crippen molar-refractivity contribution in [1.82, 2.24) is 15.0 Å². The minimum absolute atomic E-state index is 0.0895. The molecule has 3 aromatic heterocycles. The molecule has 0 saturated carbocycles. The summed E-state index contributed by atoms with van der Waals surface area (Å²) in [5, 5.41) is 9.45. The summed E-state index contributed by atoms with van der Waals surface area (Å²) in [5.74, 6) is 0.730. The number of H-pyrrole nitrogens is 2. The molecular formula is C20H14N4O2. The number of methoxy groups -OCH3 is 1. The average Bonchev–Trinajstić information content (AvgIpc) is 3.15. The Morgan fingerprint density at radius 3 is 2.62 bits per heavy atom. The van der Waals surface area contributed by atoms with Crippen molar-refractivity contribution in [2.24, 2.45) is 0 Å². The lowest BCUT2D eigenvalue weighted by Crippen LogP contribution is -2.11. The maximum absolute atomic E-state index is 12.2. The summed E-state index contributed by atoms with van der Waals surface area (Å²) in [7, 11) is 1.62. The largest absolute Gasteiger partial charge is 0.496 e. The predicted molar refractivity (Wildman–Crippen MR) is 98.9 cm³/mol. The number of fused-ring (bicyclic) bond motifs is 1. The Labute approximate surface area is 148 Å². The van der Waals surface area contributed by atoms with Crippen LogP contribution in [0.3, 0.4) is 0 Å². The number of nitrogens with one attached hydrogen (secondary N) is 2. The highest BCUT2D eigenvalue weighted by Crippen LogP contribution is 2.33. The summed E-state index contributed by atoms with van der Waals surface area (Å²) in [6, 6.07) is 13.2. The normalized spacial score (nSPS) is 10.6. The quantitative estimate of drug-likeness (QED) is 0.596. The number of pyridine rings is 2. The Kier molecular flexibility index (Phi) is 3.75. The number of aromatic amines is 2. The lowest BCUT2D eigenvalue weighted by Gasteiger charge is -2.10. The SMILES string of the molecule is COc1ccncc1-c1ccc(-c2c(C#N)c(=O)[nH]c3cc[nH]c23)cc1. The Morgan fingerprint density at radius 2 is 1.88 bits per heavy atom.